The van der Waals surface area contributed by atoms with Crippen LogP contribution in [0.1, 0.15) is 69.5 Å². The zero-order valence-electron chi connectivity index (χ0n) is 17.3. The van der Waals surface area contributed by atoms with Crippen molar-refractivity contribution in [3.63, 3.8) is 0 Å². The number of ketones is 1. The zero-order chi connectivity index (χ0) is 20.8. The maximum atomic E-state index is 13.1. The Balaban J connectivity index is 1.85. The number of aromatic nitrogens is 2. The van der Waals surface area contributed by atoms with E-state index < -0.39 is 5.92 Å². The van der Waals surface area contributed by atoms with Gasteiger partial charge >= 0.3 is 0 Å². The number of carbonyl (C=O) groups is 1. The minimum absolute atomic E-state index is 0.0641. The van der Waals surface area contributed by atoms with Crippen LogP contribution in [0, 0.1) is 12.3 Å². The van der Waals surface area contributed by atoms with Crippen molar-refractivity contribution in [2.24, 2.45) is 5.41 Å². The van der Waals surface area contributed by atoms with Gasteiger partial charge in [0.05, 0.1) is 11.5 Å². The summed E-state index contributed by atoms with van der Waals surface area (Å²) in [5.41, 5.74) is 1.62. The van der Waals surface area contributed by atoms with Crippen molar-refractivity contribution in [1.29, 1.82) is 0 Å². The minimum atomic E-state index is -0.524. The fraction of sp³-hybridized carbons (Fsp3) is 0.500. The van der Waals surface area contributed by atoms with Gasteiger partial charge in [-0.15, -0.1) is 0 Å². The van der Waals surface area contributed by atoms with E-state index in [4.69, 9.17) is 9.40 Å². The molecule has 1 atom stereocenters. The van der Waals surface area contributed by atoms with Crippen LogP contribution in [0.4, 0.5) is 5.82 Å². The molecule has 6 nitrogen and oxygen atoms in total. The van der Waals surface area contributed by atoms with Crippen LogP contribution < -0.4 is 10.9 Å². The number of fused-ring (bicyclic) bond motifs is 1. The smallest absolute Gasteiger partial charge is 0.257 e. The van der Waals surface area contributed by atoms with E-state index >= 15 is 0 Å². The Bertz CT molecular complexity index is 1050. The Kier molecular flexibility index (Phi) is 5.19. The lowest BCUT2D eigenvalue weighted by molar-refractivity contribution is -0.118. The van der Waals surface area contributed by atoms with E-state index in [1.165, 1.54) is 0 Å². The average Bonchev–Trinajstić information content (AvgIpc) is 3.05. The standard InChI is InChI=1S/C22H27N3O3S/c1-5-6-9-29-21-24-19-18(20(27)25-21)17(15-8-7-12(2)28-15)16-13(23-19)10-22(3,4)11-14(16)26/h7-8,17H,5-6,9-11H2,1-4H3,(H2,23,24,25,27)/t17-/m1/s1. The number of nitrogens with zero attached hydrogens (tertiary/aromatic N) is 1. The fourth-order valence-electron chi connectivity index (χ4n) is 4.17. The van der Waals surface area contributed by atoms with Gasteiger partial charge in [-0.25, -0.2) is 4.98 Å². The molecule has 0 saturated heterocycles. The first kappa shape index (κ1) is 20.0. The number of allylic oxidation sites excluding steroid dienone is 2. The highest BCUT2D eigenvalue weighted by Crippen LogP contribution is 2.47. The number of hydrogen-bond acceptors (Lipinski definition) is 6. The second-order valence-electron chi connectivity index (χ2n) is 8.67. The Labute approximate surface area is 174 Å². The van der Waals surface area contributed by atoms with E-state index in [-0.39, 0.29) is 16.8 Å². The van der Waals surface area contributed by atoms with E-state index in [1.54, 1.807) is 11.8 Å². The molecular weight excluding hydrogens is 386 g/mol. The summed E-state index contributed by atoms with van der Waals surface area (Å²) in [6, 6.07) is 3.72. The van der Waals surface area contributed by atoms with Crippen LogP contribution in [-0.4, -0.2) is 21.5 Å². The lowest BCUT2D eigenvalue weighted by Gasteiger charge is -2.37. The lowest BCUT2D eigenvalue weighted by atomic mass is 9.70. The molecule has 1 aliphatic carbocycles. The Morgan fingerprint density at radius 3 is 2.76 bits per heavy atom. The Morgan fingerprint density at radius 1 is 1.28 bits per heavy atom. The molecular formula is C22H27N3O3S. The second-order valence-corrected chi connectivity index (χ2v) is 9.76. The number of rotatable bonds is 5. The number of unbranched alkanes of at least 4 members (excludes halogenated alkanes) is 1. The third kappa shape index (κ3) is 3.80. The predicted molar refractivity (Wildman–Crippen MR) is 114 cm³/mol. The van der Waals surface area contributed by atoms with Gasteiger partial charge in [-0.1, -0.05) is 39.0 Å². The molecule has 3 heterocycles. The molecule has 7 heteroatoms. The zero-order valence-corrected chi connectivity index (χ0v) is 18.2. The van der Waals surface area contributed by atoms with Crippen LogP contribution in [0.25, 0.3) is 0 Å². The molecule has 2 aromatic heterocycles. The van der Waals surface area contributed by atoms with Crippen molar-refractivity contribution in [2.45, 2.75) is 64.5 Å². The molecule has 0 spiro atoms. The molecule has 0 bridgehead atoms. The SMILES string of the molecule is CCCCSc1nc2c(c(=O)[nH]1)[C@H](c1ccc(C)o1)C1=C(CC(C)(C)CC1=O)N2. The van der Waals surface area contributed by atoms with Gasteiger partial charge in [0.1, 0.15) is 17.3 Å². The third-order valence-corrected chi connectivity index (χ3v) is 6.44. The van der Waals surface area contributed by atoms with Gasteiger partial charge in [-0.05, 0) is 37.3 Å². The van der Waals surface area contributed by atoms with Crippen LogP contribution >= 0.6 is 11.8 Å². The molecule has 2 aromatic rings. The molecule has 2 aliphatic rings. The van der Waals surface area contributed by atoms with E-state index in [0.29, 0.717) is 34.3 Å². The van der Waals surface area contributed by atoms with Gasteiger partial charge < -0.3 is 14.7 Å². The second kappa shape index (κ2) is 7.52. The summed E-state index contributed by atoms with van der Waals surface area (Å²) in [4.78, 5) is 33.8. The highest BCUT2D eigenvalue weighted by atomic mass is 32.2. The number of furan rings is 1. The topological polar surface area (TPSA) is 88.0 Å². The molecule has 0 amide bonds. The number of anilines is 1. The summed E-state index contributed by atoms with van der Waals surface area (Å²) in [6.07, 6.45) is 3.34. The monoisotopic (exact) mass is 413 g/mol. The summed E-state index contributed by atoms with van der Waals surface area (Å²) in [5.74, 6) is 2.35. The maximum absolute atomic E-state index is 13.1. The molecule has 1 aliphatic heterocycles. The highest BCUT2D eigenvalue weighted by Gasteiger charge is 2.43. The van der Waals surface area contributed by atoms with E-state index in [9.17, 15) is 9.59 Å². The van der Waals surface area contributed by atoms with Gasteiger partial charge in [0.15, 0.2) is 10.9 Å². The first-order valence-electron chi connectivity index (χ1n) is 10.2. The minimum Gasteiger partial charge on any atom is -0.465 e. The fourth-order valence-corrected chi connectivity index (χ4v) is 5.11. The van der Waals surface area contributed by atoms with Crippen LogP contribution in [0.5, 0.6) is 0 Å². The van der Waals surface area contributed by atoms with Crippen molar-refractivity contribution in [3.05, 3.63) is 50.8 Å². The normalized spacial score (nSPS) is 20.3. The number of aromatic amines is 1. The Hall–Kier alpha value is -2.28. The molecule has 154 valence electrons. The third-order valence-electron chi connectivity index (χ3n) is 5.48. The summed E-state index contributed by atoms with van der Waals surface area (Å²) in [7, 11) is 0. The van der Waals surface area contributed by atoms with Gasteiger partial charge in [0.2, 0.25) is 0 Å². The maximum Gasteiger partial charge on any atom is 0.257 e. The molecule has 0 aromatic carbocycles. The van der Waals surface area contributed by atoms with Crippen molar-refractivity contribution >= 4 is 23.4 Å². The molecule has 0 radical (unpaired) electrons. The van der Waals surface area contributed by atoms with Crippen LogP contribution in [-0.2, 0) is 4.79 Å². The van der Waals surface area contributed by atoms with Gasteiger partial charge in [-0.2, -0.15) is 0 Å². The van der Waals surface area contributed by atoms with Crippen molar-refractivity contribution in [3.8, 4) is 0 Å². The average molecular weight is 414 g/mol. The Morgan fingerprint density at radius 2 is 2.07 bits per heavy atom. The van der Waals surface area contributed by atoms with E-state index in [0.717, 1.165) is 36.5 Å². The van der Waals surface area contributed by atoms with E-state index in [1.807, 2.05) is 19.1 Å². The predicted octanol–water partition coefficient (Wildman–Crippen LogP) is 4.76. The number of Topliss-reactive ketones (excluding diaryl/α,β-unsaturated/α-hetero) is 1. The molecule has 4 rings (SSSR count). The highest BCUT2D eigenvalue weighted by molar-refractivity contribution is 7.99. The first-order chi connectivity index (χ1) is 13.8. The number of H-pyrrole nitrogens is 1. The summed E-state index contributed by atoms with van der Waals surface area (Å²) >= 11 is 1.55. The quantitative estimate of drug-likeness (QED) is 0.417. The number of hydrogen-bond donors (Lipinski definition) is 2. The van der Waals surface area contributed by atoms with Crippen molar-refractivity contribution < 1.29 is 9.21 Å². The van der Waals surface area contributed by atoms with Crippen LogP contribution in [0.3, 0.4) is 0 Å². The van der Waals surface area contributed by atoms with Gasteiger partial charge in [0.25, 0.3) is 5.56 Å². The number of nitrogens with one attached hydrogen (secondary N) is 2. The first-order valence-corrected chi connectivity index (χ1v) is 11.1. The van der Waals surface area contributed by atoms with Crippen molar-refractivity contribution in [2.75, 3.05) is 11.1 Å². The number of carbonyl (C=O) groups excluding carboxylic acids is 1. The largest absolute Gasteiger partial charge is 0.465 e. The van der Waals surface area contributed by atoms with Crippen LogP contribution in [0.2, 0.25) is 0 Å². The number of aryl methyl sites for hydroxylation is 1. The van der Waals surface area contributed by atoms with Crippen LogP contribution in [0.15, 0.2) is 37.8 Å². The molecule has 2 N–H and O–H groups in total. The van der Waals surface area contributed by atoms with E-state index in [2.05, 4.69) is 31.1 Å². The molecule has 0 unspecified atom stereocenters. The van der Waals surface area contributed by atoms with Gasteiger partial charge in [0, 0.05) is 23.4 Å². The number of thioether (sulfide) groups is 1. The van der Waals surface area contributed by atoms with Gasteiger partial charge in [-0.3, -0.25) is 9.59 Å². The molecule has 0 saturated carbocycles. The molecule has 0 fully saturated rings. The summed E-state index contributed by atoms with van der Waals surface area (Å²) in [6.45, 7) is 8.18. The molecule has 29 heavy (non-hydrogen) atoms. The summed E-state index contributed by atoms with van der Waals surface area (Å²) in [5, 5.41) is 3.94. The summed E-state index contributed by atoms with van der Waals surface area (Å²) < 4.78 is 5.89. The lowest BCUT2D eigenvalue weighted by Crippen LogP contribution is -2.36. The van der Waals surface area contributed by atoms with Crippen molar-refractivity contribution in [1.82, 2.24) is 9.97 Å².